The fourth-order valence-corrected chi connectivity index (χ4v) is 10.4. The van der Waals surface area contributed by atoms with E-state index in [0.717, 1.165) is 89.9 Å². The molecule has 0 fully saturated rings. The van der Waals surface area contributed by atoms with E-state index in [1.54, 1.807) is 28.4 Å². The molecule has 0 spiro atoms. The summed E-state index contributed by atoms with van der Waals surface area (Å²) in [5, 5.41) is 0. The van der Waals surface area contributed by atoms with Crippen LogP contribution in [0, 0.1) is 0 Å². The minimum Gasteiger partial charge on any atom is -0.382 e. The number of H-pyrrole nitrogens is 2. The van der Waals surface area contributed by atoms with E-state index >= 15 is 0 Å². The molecule has 21 heteroatoms. The minimum absolute atomic E-state index is 0. The average molecular weight is 1260 g/mol. The summed E-state index contributed by atoms with van der Waals surface area (Å²) in [5.74, 6) is 0. The van der Waals surface area contributed by atoms with E-state index in [1.807, 2.05) is 18.2 Å². The van der Waals surface area contributed by atoms with Crippen molar-refractivity contribution in [2.24, 2.45) is 0 Å². The zero-order chi connectivity index (χ0) is 60.8. The fraction of sp³-hybridized carbons (Fsp3) is 0.412. The predicted octanol–water partition coefficient (Wildman–Crippen LogP) is 7.19. The Labute approximate surface area is 532 Å². The van der Waals surface area contributed by atoms with Crippen LogP contribution in [0.2, 0.25) is 0 Å². The third-order valence-corrected chi connectivity index (χ3v) is 14.7. The molecule has 470 valence electrons. The second-order valence-electron chi connectivity index (χ2n) is 20.5. The molecule has 0 unspecified atom stereocenters. The van der Waals surface area contributed by atoms with Gasteiger partial charge in [-0.1, -0.05) is 0 Å². The summed E-state index contributed by atoms with van der Waals surface area (Å²) in [4.78, 5) is 19.3. The van der Waals surface area contributed by atoms with Crippen molar-refractivity contribution < 1.29 is 92.2 Å². The SMILES string of the molecule is COCCOCCOCC[n+]1ccccc1-c1c2nc(c(-c3cccc[n+]3CCOCCOCCOC)c3ccc([nH]3)c(-c3cccc[n+]3CCOCCOCCOC)c3ccc([nH]3)c(-c3cccc[n+]3CCOCCOCCOC)c3nc1C=C3)C=C2.[Mn+3]. The van der Waals surface area contributed by atoms with Crippen LogP contribution in [0.5, 0.6) is 0 Å². The molecule has 20 nitrogen and oxygen atoms in total. The Morgan fingerprint density at radius 2 is 0.517 bits per heavy atom. The zero-order valence-corrected chi connectivity index (χ0v) is 53.0. The topological polar surface area (TPSA) is 184 Å². The van der Waals surface area contributed by atoms with Crippen molar-refractivity contribution in [2.45, 2.75) is 26.2 Å². The third kappa shape index (κ3) is 19.6. The summed E-state index contributed by atoms with van der Waals surface area (Å²) in [5.41, 5.74) is 14.0. The van der Waals surface area contributed by atoms with Gasteiger partial charge >= 0.3 is 17.1 Å². The molecular weight excluding hydrogens is 1180 g/mol. The Morgan fingerprint density at radius 3 is 0.809 bits per heavy atom. The molecule has 2 N–H and O–H groups in total. The van der Waals surface area contributed by atoms with Gasteiger partial charge in [0.05, 0.1) is 173 Å². The molecule has 9 heterocycles. The van der Waals surface area contributed by atoms with Crippen molar-refractivity contribution in [1.82, 2.24) is 19.9 Å². The van der Waals surface area contributed by atoms with E-state index in [4.69, 9.17) is 66.8 Å². The molecular formula is C68H86MnN8O12+7. The molecule has 0 atom stereocenters. The van der Waals surface area contributed by atoms with Gasteiger partial charge in [-0.15, -0.1) is 0 Å². The van der Waals surface area contributed by atoms with E-state index in [-0.39, 0.29) is 17.1 Å². The van der Waals surface area contributed by atoms with Crippen LogP contribution in [-0.4, -0.2) is 181 Å². The summed E-state index contributed by atoms with van der Waals surface area (Å²) in [6.45, 7) is 12.1. The maximum absolute atomic E-state index is 6.16. The number of methoxy groups -OCH3 is 4. The number of aromatic amines is 2. The van der Waals surface area contributed by atoms with Crippen molar-refractivity contribution in [3.8, 4) is 45.0 Å². The van der Waals surface area contributed by atoms with Gasteiger partial charge in [-0.2, -0.15) is 18.3 Å². The number of rotatable bonds is 40. The molecule has 7 aromatic rings. The van der Waals surface area contributed by atoms with Gasteiger partial charge in [-0.25, -0.2) is 9.97 Å². The molecule has 0 aliphatic carbocycles. The summed E-state index contributed by atoms with van der Waals surface area (Å²) in [7, 11) is 6.67. The van der Waals surface area contributed by atoms with Crippen LogP contribution in [-0.2, 0) is 100 Å². The van der Waals surface area contributed by atoms with Crippen molar-refractivity contribution >= 4 is 46.4 Å². The summed E-state index contributed by atoms with van der Waals surface area (Å²) in [6.07, 6.45) is 16.8. The van der Waals surface area contributed by atoms with Crippen LogP contribution < -0.4 is 18.3 Å². The van der Waals surface area contributed by atoms with Crippen LogP contribution in [0.15, 0.2) is 122 Å². The van der Waals surface area contributed by atoms with Crippen LogP contribution in [0.4, 0.5) is 0 Å². The van der Waals surface area contributed by atoms with Gasteiger partial charge in [-0.3, -0.25) is 0 Å². The Morgan fingerprint density at radius 1 is 0.281 bits per heavy atom. The maximum atomic E-state index is 6.16. The van der Waals surface area contributed by atoms with Gasteiger partial charge in [0.2, 0.25) is 22.8 Å². The number of nitrogens with zero attached hydrogens (tertiary/aromatic N) is 6. The first-order valence-electron chi connectivity index (χ1n) is 30.3. The maximum Gasteiger partial charge on any atom is 3.00 e. The molecule has 9 rings (SSSR count). The molecule has 0 amide bonds. The van der Waals surface area contributed by atoms with Crippen molar-refractivity contribution in [2.75, 3.05) is 161 Å². The molecule has 0 saturated carbocycles. The Kier molecular flexibility index (Phi) is 29.1. The molecule has 0 saturated heterocycles. The standard InChI is InChI=1S/C68H85N8O12.Mn/c1-77-37-41-85-49-45-81-33-29-73-25-9-5-13-61(73)65-53-17-19-55(69-53)66(62-14-6-10-26-74(62)30-34-82-46-50-86-42-38-78-2)57-21-23-59(71-57)68(64-16-8-12-28-76(64)32-36-84-48-52-88-44-40-80-4)60-24-22-58(72-60)67(56-20-18-54(65)70-56)63-15-7-11-27-75(63)31-35-83-47-51-87-43-39-79-3;/h5-28H,29-52H2,1-4H3,(H,69,70,71,72);/q2*+3/p+1. The monoisotopic (exact) mass is 1260 g/mol. The zero-order valence-electron chi connectivity index (χ0n) is 51.8. The first kappa shape index (κ1) is 68.2. The number of pyridine rings is 4. The van der Waals surface area contributed by atoms with E-state index in [0.29, 0.717) is 158 Å². The summed E-state index contributed by atoms with van der Waals surface area (Å²) >= 11 is 0. The number of ether oxygens (including phenoxy) is 12. The third-order valence-electron chi connectivity index (χ3n) is 14.7. The van der Waals surface area contributed by atoms with Crippen LogP contribution in [0.3, 0.4) is 0 Å². The van der Waals surface area contributed by atoms with Gasteiger partial charge < -0.3 is 66.8 Å². The number of hydrogen-bond acceptors (Lipinski definition) is 14. The Bertz CT molecular complexity index is 3360. The molecule has 0 radical (unpaired) electrons. The van der Waals surface area contributed by atoms with E-state index < -0.39 is 0 Å². The smallest absolute Gasteiger partial charge is 0.382 e. The van der Waals surface area contributed by atoms with Crippen LogP contribution in [0.25, 0.3) is 91.4 Å². The predicted molar refractivity (Wildman–Crippen MR) is 335 cm³/mol. The number of nitrogens with one attached hydrogen (secondary N) is 2. The summed E-state index contributed by atoms with van der Waals surface area (Å²) < 4.78 is 77.0. The Balaban J connectivity index is 0.0000102. The van der Waals surface area contributed by atoms with Gasteiger partial charge in [-0.05, 0) is 72.8 Å². The molecule has 2 aliphatic heterocycles. The van der Waals surface area contributed by atoms with E-state index in [2.05, 4.69) is 156 Å². The quantitative estimate of drug-likeness (QED) is 0.0224. The van der Waals surface area contributed by atoms with Gasteiger partial charge in [0, 0.05) is 77.0 Å². The molecule has 7 aromatic heterocycles. The largest absolute Gasteiger partial charge is 3.00 e. The molecule has 2 aliphatic rings. The van der Waals surface area contributed by atoms with Gasteiger partial charge in [0.25, 0.3) is 0 Å². The molecule has 0 aromatic carbocycles. The molecule has 8 bridgehead atoms. The second-order valence-corrected chi connectivity index (χ2v) is 20.5. The Hall–Kier alpha value is -6.76. The summed E-state index contributed by atoms with van der Waals surface area (Å²) in [6, 6.07) is 33.7. The first-order valence-corrected chi connectivity index (χ1v) is 30.3. The van der Waals surface area contributed by atoms with Crippen molar-refractivity contribution in [1.29, 1.82) is 0 Å². The van der Waals surface area contributed by atoms with Crippen LogP contribution in [0.1, 0.15) is 22.8 Å². The van der Waals surface area contributed by atoms with Gasteiger partial charge in [0.1, 0.15) is 26.4 Å². The van der Waals surface area contributed by atoms with Crippen molar-refractivity contribution in [3.63, 3.8) is 0 Å². The normalized spacial score (nSPS) is 11.9. The average Bonchev–Trinajstić information content (AvgIpc) is 2.19. The first-order chi connectivity index (χ1) is 43.6. The fourth-order valence-electron chi connectivity index (χ4n) is 10.4. The second kappa shape index (κ2) is 38.1. The number of fused-ring (bicyclic) bond motifs is 8. The number of hydrogen-bond donors (Lipinski definition) is 2. The van der Waals surface area contributed by atoms with Gasteiger partial charge in [0.15, 0.2) is 51.0 Å². The number of aromatic nitrogens is 8. The molecule has 89 heavy (non-hydrogen) atoms. The van der Waals surface area contributed by atoms with Crippen LogP contribution >= 0.6 is 0 Å². The van der Waals surface area contributed by atoms with Crippen molar-refractivity contribution in [3.05, 3.63) is 145 Å². The van der Waals surface area contributed by atoms with E-state index in [1.165, 1.54) is 0 Å². The minimum atomic E-state index is 0. The van der Waals surface area contributed by atoms with E-state index in [9.17, 15) is 0 Å².